The van der Waals surface area contributed by atoms with Gasteiger partial charge in [-0.25, -0.2) is 4.39 Å². The number of hydrogen-bond donors (Lipinski definition) is 1. The number of thioether (sulfide) groups is 1. The third kappa shape index (κ3) is 3.20. The van der Waals surface area contributed by atoms with Crippen LogP contribution in [0.4, 0.5) is 10.1 Å². The minimum atomic E-state index is -0.571. The molecule has 8 heteroatoms. The summed E-state index contributed by atoms with van der Waals surface area (Å²) in [4.78, 5) is 11.9. The Morgan fingerprint density at radius 3 is 3.00 bits per heavy atom. The summed E-state index contributed by atoms with van der Waals surface area (Å²) in [5, 5.41) is 11.4. The Kier molecular flexibility index (Phi) is 4.26. The molecule has 1 aromatic carbocycles. The van der Waals surface area contributed by atoms with E-state index in [-0.39, 0.29) is 22.4 Å². The minimum absolute atomic E-state index is 0.0950. The summed E-state index contributed by atoms with van der Waals surface area (Å²) in [6, 6.07) is 9.61. The first kappa shape index (κ1) is 14.8. The van der Waals surface area contributed by atoms with Crippen LogP contribution in [0, 0.1) is 5.82 Å². The highest BCUT2D eigenvalue weighted by molar-refractivity contribution is 7.99. The Labute approximate surface area is 134 Å². The summed E-state index contributed by atoms with van der Waals surface area (Å²) in [6.45, 7) is 0. The molecule has 0 aliphatic rings. The topological polar surface area (TPSA) is 59.3 Å². The van der Waals surface area contributed by atoms with Crippen molar-refractivity contribution >= 4 is 40.6 Å². The molecule has 112 valence electrons. The van der Waals surface area contributed by atoms with E-state index in [1.165, 1.54) is 23.9 Å². The van der Waals surface area contributed by atoms with Gasteiger partial charge in [-0.1, -0.05) is 29.4 Å². The normalized spacial score (nSPS) is 10.8. The molecule has 2 heterocycles. The average molecular weight is 337 g/mol. The van der Waals surface area contributed by atoms with Crippen LogP contribution < -0.4 is 5.32 Å². The van der Waals surface area contributed by atoms with Crippen molar-refractivity contribution < 1.29 is 9.18 Å². The highest BCUT2D eigenvalue weighted by Gasteiger charge is 2.11. The number of carbonyl (C=O) groups is 1. The van der Waals surface area contributed by atoms with Crippen molar-refractivity contribution in [1.29, 1.82) is 0 Å². The quantitative estimate of drug-likeness (QED) is 0.743. The number of hydrogen-bond acceptors (Lipinski definition) is 4. The van der Waals surface area contributed by atoms with Gasteiger partial charge in [0.1, 0.15) is 5.82 Å². The molecule has 0 unspecified atom stereocenters. The maximum absolute atomic E-state index is 13.6. The number of halogens is 2. The Bertz CT molecular complexity index is 839. The van der Waals surface area contributed by atoms with Crippen LogP contribution in [0.25, 0.3) is 5.65 Å². The van der Waals surface area contributed by atoms with Crippen molar-refractivity contribution in [1.82, 2.24) is 14.6 Å². The molecule has 0 atom stereocenters. The van der Waals surface area contributed by atoms with Crippen LogP contribution in [0.1, 0.15) is 0 Å². The van der Waals surface area contributed by atoms with Gasteiger partial charge in [-0.15, -0.1) is 10.2 Å². The molecule has 2 aromatic heterocycles. The molecule has 5 nitrogen and oxygen atoms in total. The van der Waals surface area contributed by atoms with Crippen LogP contribution >= 0.6 is 23.4 Å². The Morgan fingerprint density at radius 2 is 2.18 bits per heavy atom. The van der Waals surface area contributed by atoms with Crippen molar-refractivity contribution in [3.63, 3.8) is 0 Å². The fourth-order valence-corrected chi connectivity index (χ4v) is 2.71. The van der Waals surface area contributed by atoms with Gasteiger partial charge in [0.15, 0.2) is 10.8 Å². The molecule has 0 saturated heterocycles. The van der Waals surface area contributed by atoms with E-state index < -0.39 is 5.82 Å². The molecule has 0 saturated carbocycles. The van der Waals surface area contributed by atoms with E-state index in [1.807, 2.05) is 24.4 Å². The first-order valence-electron chi connectivity index (χ1n) is 6.31. The van der Waals surface area contributed by atoms with Crippen molar-refractivity contribution in [2.45, 2.75) is 5.16 Å². The molecule has 1 amide bonds. The molecule has 0 bridgehead atoms. The molecule has 0 spiro atoms. The van der Waals surface area contributed by atoms with Gasteiger partial charge in [0.25, 0.3) is 0 Å². The van der Waals surface area contributed by atoms with Crippen molar-refractivity contribution in [2.24, 2.45) is 0 Å². The van der Waals surface area contributed by atoms with Crippen LogP contribution in [0.5, 0.6) is 0 Å². The van der Waals surface area contributed by atoms with Crippen molar-refractivity contribution in [2.75, 3.05) is 11.1 Å². The zero-order chi connectivity index (χ0) is 15.5. The van der Waals surface area contributed by atoms with E-state index in [0.717, 1.165) is 6.07 Å². The number of nitrogens with zero attached hydrogens (tertiary/aromatic N) is 3. The van der Waals surface area contributed by atoms with E-state index in [4.69, 9.17) is 11.6 Å². The number of anilines is 1. The van der Waals surface area contributed by atoms with Crippen LogP contribution in [-0.4, -0.2) is 26.3 Å². The Morgan fingerprint density at radius 1 is 1.32 bits per heavy atom. The highest BCUT2D eigenvalue weighted by atomic mass is 35.5. The van der Waals surface area contributed by atoms with Gasteiger partial charge in [0.2, 0.25) is 5.91 Å². The standard InChI is InChI=1S/C14H10ClFN4OS/c15-9-4-5-11(10(16)7-9)17-13(21)8-22-14-19-18-12-3-1-2-6-20(12)14/h1-7H,8H2,(H,17,21). The minimum Gasteiger partial charge on any atom is -0.323 e. The molecule has 0 aliphatic heterocycles. The molecular formula is C14H10ClFN4OS. The average Bonchev–Trinajstić information content (AvgIpc) is 2.91. The summed E-state index contributed by atoms with van der Waals surface area (Å²) in [5.41, 5.74) is 0.801. The lowest BCUT2D eigenvalue weighted by molar-refractivity contribution is -0.113. The monoisotopic (exact) mass is 336 g/mol. The van der Waals surface area contributed by atoms with Crippen LogP contribution in [-0.2, 0) is 4.79 Å². The highest BCUT2D eigenvalue weighted by Crippen LogP contribution is 2.20. The molecule has 0 radical (unpaired) electrons. The number of fused-ring (bicyclic) bond motifs is 1. The van der Waals surface area contributed by atoms with Gasteiger partial charge in [0.05, 0.1) is 11.4 Å². The predicted octanol–water partition coefficient (Wildman–Crippen LogP) is 3.25. The largest absolute Gasteiger partial charge is 0.323 e. The molecule has 22 heavy (non-hydrogen) atoms. The second-order valence-electron chi connectivity index (χ2n) is 4.37. The van der Waals surface area contributed by atoms with Crippen LogP contribution in [0.15, 0.2) is 47.8 Å². The molecule has 3 aromatic rings. The number of rotatable bonds is 4. The van der Waals surface area contributed by atoms with Crippen molar-refractivity contribution in [3.05, 3.63) is 53.4 Å². The smallest absolute Gasteiger partial charge is 0.234 e. The fraction of sp³-hybridized carbons (Fsp3) is 0.0714. The first-order chi connectivity index (χ1) is 10.6. The lowest BCUT2D eigenvalue weighted by atomic mass is 10.3. The number of carbonyl (C=O) groups excluding carboxylic acids is 1. The van der Waals surface area contributed by atoms with Gasteiger partial charge in [-0.05, 0) is 30.3 Å². The van der Waals surface area contributed by atoms with Gasteiger partial charge < -0.3 is 5.32 Å². The lowest BCUT2D eigenvalue weighted by Crippen LogP contribution is -2.15. The third-order valence-corrected chi connectivity index (χ3v) is 4.00. The Hall–Kier alpha value is -2.12. The Balaban J connectivity index is 1.65. The van der Waals surface area contributed by atoms with Crippen molar-refractivity contribution in [3.8, 4) is 0 Å². The fourth-order valence-electron chi connectivity index (χ4n) is 1.83. The lowest BCUT2D eigenvalue weighted by Gasteiger charge is -2.06. The van der Waals surface area contributed by atoms with Crippen LogP contribution in [0.3, 0.4) is 0 Å². The molecular weight excluding hydrogens is 327 g/mol. The zero-order valence-corrected chi connectivity index (χ0v) is 12.7. The first-order valence-corrected chi connectivity index (χ1v) is 7.67. The van der Waals surface area contributed by atoms with Gasteiger partial charge in [-0.3, -0.25) is 9.20 Å². The van der Waals surface area contributed by atoms with E-state index in [9.17, 15) is 9.18 Å². The van der Waals surface area contributed by atoms with E-state index >= 15 is 0 Å². The number of pyridine rings is 1. The summed E-state index contributed by atoms with van der Waals surface area (Å²) < 4.78 is 15.4. The summed E-state index contributed by atoms with van der Waals surface area (Å²) in [6.07, 6.45) is 1.81. The van der Waals surface area contributed by atoms with Gasteiger partial charge in [-0.2, -0.15) is 0 Å². The summed E-state index contributed by atoms with van der Waals surface area (Å²) in [5.74, 6) is -0.810. The molecule has 1 N–H and O–H groups in total. The molecule has 3 rings (SSSR count). The number of nitrogens with one attached hydrogen (secondary N) is 1. The summed E-state index contributed by atoms with van der Waals surface area (Å²) >= 11 is 6.88. The zero-order valence-electron chi connectivity index (χ0n) is 11.2. The third-order valence-electron chi connectivity index (χ3n) is 2.82. The number of aromatic nitrogens is 3. The van der Waals surface area contributed by atoms with Gasteiger partial charge in [0, 0.05) is 11.2 Å². The van der Waals surface area contributed by atoms with E-state index in [2.05, 4.69) is 15.5 Å². The van der Waals surface area contributed by atoms with Crippen LogP contribution in [0.2, 0.25) is 5.02 Å². The maximum atomic E-state index is 13.6. The molecule has 0 fully saturated rings. The number of amides is 1. The molecule has 0 aliphatic carbocycles. The maximum Gasteiger partial charge on any atom is 0.234 e. The van der Waals surface area contributed by atoms with Gasteiger partial charge >= 0.3 is 0 Å². The second kappa shape index (κ2) is 6.33. The summed E-state index contributed by atoms with van der Waals surface area (Å²) in [7, 11) is 0. The number of benzene rings is 1. The second-order valence-corrected chi connectivity index (χ2v) is 5.75. The SMILES string of the molecule is O=C(CSc1nnc2ccccn12)Nc1ccc(Cl)cc1F. The van der Waals surface area contributed by atoms with E-state index in [1.54, 1.807) is 4.40 Å². The predicted molar refractivity (Wildman–Crippen MR) is 83.8 cm³/mol. The van der Waals surface area contributed by atoms with E-state index in [0.29, 0.717) is 10.8 Å².